The number of rotatable bonds is 3. The molecular formula is C16H17F3N2O2. The minimum absolute atomic E-state index is 0.160. The maximum atomic E-state index is 13.8. The molecule has 0 aliphatic carbocycles. The number of carbonyl (C=O) groups is 1. The van der Waals surface area contributed by atoms with Crippen molar-refractivity contribution in [1.29, 1.82) is 0 Å². The third kappa shape index (κ3) is 4.00. The van der Waals surface area contributed by atoms with Gasteiger partial charge in [-0.1, -0.05) is 19.9 Å². The second-order valence-electron chi connectivity index (χ2n) is 4.52. The van der Waals surface area contributed by atoms with Gasteiger partial charge < -0.3 is 10.4 Å². The van der Waals surface area contributed by atoms with E-state index >= 15 is 0 Å². The zero-order chi connectivity index (χ0) is 17.7. The Morgan fingerprint density at radius 2 is 1.74 bits per heavy atom. The van der Waals surface area contributed by atoms with Crippen molar-refractivity contribution in [1.82, 2.24) is 4.98 Å². The van der Waals surface area contributed by atoms with E-state index in [0.29, 0.717) is 11.6 Å². The Morgan fingerprint density at radius 1 is 1.13 bits per heavy atom. The summed E-state index contributed by atoms with van der Waals surface area (Å²) in [6, 6.07) is 2.15. The molecule has 124 valence electrons. The van der Waals surface area contributed by atoms with Crippen LogP contribution >= 0.6 is 0 Å². The van der Waals surface area contributed by atoms with Crippen molar-refractivity contribution < 1.29 is 23.1 Å². The Hall–Kier alpha value is -2.57. The summed E-state index contributed by atoms with van der Waals surface area (Å²) in [4.78, 5) is 15.0. The van der Waals surface area contributed by atoms with Crippen LogP contribution in [0, 0.1) is 31.3 Å². The van der Waals surface area contributed by atoms with Gasteiger partial charge >= 0.3 is 5.97 Å². The lowest BCUT2D eigenvalue weighted by atomic mass is 10.1. The molecule has 0 bridgehead atoms. The monoisotopic (exact) mass is 326 g/mol. The summed E-state index contributed by atoms with van der Waals surface area (Å²) in [6.45, 7) is 7.46. The molecule has 2 rings (SSSR count). The number of carboxylic acids is 1. The molecule has 0 spiro atoms. The first-order valence-electron chi connectivity index (χ1n) is 6.92. The molecular weight excluding hydrogens is 309 g/mol. The molecule has 1 heterocycles. The highest BCUT2D eigenvalue weighted by atomic mass is 19.2. The normalized spacial score (nSPS) is 9.87. The molecule has 7 heteroatoms. The third-order valence-electron chi connectivity index (χ3n) is 2.85. The average molecular weight is 326 g/mol. The largest absolute Gasteiger partial charge is 0.478 e. The quantitative estimate of drug-likeness (QED) is 0.810. The van der Waals surface area contributed by atoms with Gasteiger partial charge in [0, 0.05) is 6.20 Å². The number of nitrogens with zero attached hydrogens (tertiary/aromatic N) is 1. The van der Waals surface area contributed by atoms with Gasteiger partial charge in [0.1, 0.15) is 5.82 Å². The molecule has 0 atom stereocenters. The van der Waals surface area contributed by atoms with Crippen LogP contribution in [-0.4, -0.2) is 16.1 Å². The van der Waals surface area contributed by atoms with Crippen LogP contribution in [0.1, 0.15) is 35.3 Å². The molecule has 2 aromatic rings. The first-order chi connectivity index (χ1) is 10.8. The van der Waals surface area contributed by atoms with Gasteiger partial charge in [0.05, 0.1) is 11.3 Å². The third-order valence-corrected chi connectivity index (χ3v) is 2.85. The van der Waals surface area contributed by atoms with Crippen molar-refractivity contribution in [3.05, 3.63) is 52.5 Å². The van der Waals surface area contributed by atoms with E-state index in [0.717, 1.165) is 5.56 Å². The van der Waals surface area contributed by atoms with Crippen LogP contribution in [0.5, 0.6) is 0 Å². The predicted octanol–water partition coefficient (Wildman–Crippen LogP) is 4.58. The number of nitrogens with one attached hydrogen (secondary N) is 1. The minimum atomic E-state index is -1.74. The zero-order valence-corrected chi connectivity index (χ0v) is 13.2. The molecule has 0 unspecified atom stereocenters. The van der Waals surface area contributed by atoms with E-state index in [4.69, 9.17) is 5.11 Å². The van der Waals surface area contributed by atoms with E-state index in [1.54, 1.807) is 19.9 Å². The second-order valence-corrected chi connectivity index (χ2v) is 4.52. The number of carboxylic acid groups (broad SMARTS) is 1. The number of hydrogen-bond acceptors (Lipinski definition) is 3. The summed E-state index contributed by atoms with van der Waals surface area (Å²) in [5.74, 6) is -6.33. The van der Waals surface area contributed by atoms with Crippen LogP contribution in [0.3, 0.4) is 0 Å². The Morgan fingerprint density at radius 3 is 2.26 bits per heavy atom. The van der Waals surface area contributed by atoms with Crippen molar-refractivity contribution in [3.63, 3.8) is 0 Å². The van der Waals surface area contributed by atoms with Crippen LogP contribution in [0.15, 0.2) is 18.3 Å². The molecule has 2 N–H and O–H groups in total. The highest BCUT2D eigenvalue weighted by Gasteiger charge is 2.23. The van der Waals surface area contributed by atoms with Crippen molar-refractivity contribution in [2.24, 2.45) is 0 Å². The van der Waals surface area contributed by atoms with Crippen LogP contribution < -0.4 is 5.32 Å². The van der Waals surface area contributed by atoms with Gasteiger partial charge in [-0.25, -0.2) is 22.9 Å². The van der Waals surface area contributed by atoms with Crippen LogP contribution in [0.2, 0.25) is 0 Å². The maximum absolute atomic E-state index is 13.8. The van der Waals surface area contributed by atoms with Crippen LogP contribution in [-0.2, 0) is 0 Å². The van der Waals surface area contributed by atoms with Crippen molar-refractivity contribution >= 4 is 17.5 Å². The van der Waals surface area contributed by atoms with Gasteiger partial charge in [0.25, 0.3) is 0 Å². The lowest BCUT2D eigenvalue weighted by Gasteiger charge is -2.13. The fourth-order valence-electron chi connectivity index (χ4n) is 1.85. The van der Waals surface area contributed by atoms with Gasteiger partial charge in [-0.05, 0) is 31.0 Å². The summed E-state index contributed by atoms with van der Waals surface area (Å²) in [7, 11) is 0. The lowest BCUT2D eigenvalue weighted by molar-refractivity contribution is 0.0696. The number of aryl methyl sites for hydroxylation is 2. The lowest BCUT2D eigenvalue weighted by Crippen LogP contribution is -2.10. The molecule has 0 amide bonds. The van der Waals surface area contributed by atoms with E-state index in [9.17, 15) is 18.0 Å². The first-order valence-corrected chi connectivity index (χ1v) is 6.92. The fourth-order valence-corrected chi connectivity index (χ4v) is 1.85. The van der Waals surface area contributed by atoms with Crippen LogP contribution in [0.25, 0.3) is 0 Å². The molecule has 0 radical (unpaired) electrons. The van der Waals surface area contributed by atoms with Gasteiger partial charge in [-0.3, -0.25) is 0 Å². The summed E-state index contributed by atoms with van der Waals surface area (Å²) in [5, 5.41) is 11.4. The molecule has 0 fully saturated rings. The highest BCUT2D eigenvalue weighted by molar-refractivity contribution is 5.95. The number of halogens is 3. The van der Waals surface area contributed by atoms with E-state index in [1.165, 1.54) is 6.20 Å². The van der Waals surface area contributed by atoms with Gasteiger partial charge in [-0.15, -0.1) is 0 Å². The van der Waals surface area contributed by atoms with E-state index in [-0.39, 0.29) is 5.82 Å². The number of anilines is 2. The van der Waals surface area contributed by atoms with Crippen molar-refractivity contribution in [2.75, 3.05) is 5.32 Å². The number of aromatic carboxylic acids is 1. The summed E-state index contributed by atoms with van der Waals surface area (Å²) in [6.07, 6.45) is 1.48. The topological polar surface area (TPSA) is 62.2 Å². The Kier molecular flexibility index (Phi) is 6.12. The van der Waals surface area contributed by atoms with Crippen molar-refractivity contribution in [3.8, 4) is 0 Å². The van der Waals surface area contributed by atoms with Crippen molar-refractivity contribution in [2.45, 2.75) is 27.7 Å². The first kappa shape index (κ1) is 18.5. The SMILES string of the molecule is CC.Cc1cnc(Nc2c(C(=O)O)cc(F)c(F)c2F)c(C)c1. The molecule has 0 saturated carbocycles. The Bertz CT molecular complexity index is 734. The highest BCUT2D eigenvalue weighted by Crippen LogP contribution is 2.28. The smallest absolute Gasteiger partial charge is 0.338 e. The summed E-state index contributed by atoms with van der Waals surface area (Å²) < 4.78 is 40.2. The van der Waals surface area contributed by atoms with E-state index < -0.39 is 34.7 Å². The second kappa shape index (κ2) is 7.62. The number of benzene rings is 1. The minimum Gasteiger partial charge on any atom is -0.478 e. The molecule has 0 aliphatic rings. The maximum Gasteiger partial charge on any atom is 0.338 e. The van der Waals surface area contributed by atoms with E-state index in [1.807, 2.05) is 13.8 Å². The Balaban J connectivity index is 0.00000127. The summed E-state index contributed by atoms with van der Waals surface area (Å²) in [5.41, 5.74) is 0.0757. The molecule has 0 aliphatic heterocycles. The fraction of sp³-hybridized carbons (Fsp3) is 0.250. The standard InChI is InChI=1S/C14H11F3N2O2.C2H6/c1-6-3-7(2)13(18-5-6)19-12-8(14(20)21)4-9(15)10(16)11(12)17;1-2/h3-5H,1-2H3,(H,18,19)(H,20,21);1-2H3. The van der Waals surface area contributed by atoms with Gasteiger partial charge in [0.2, 0.25) is 0 Å². The summed E-state index contributed by atoms with van der Waals surface area (Å²) >= 11 is 0. The molecule has 0 saturated heterocycles. The number of hydrogen-bond donors (Lipinski definition) is 2. The predicted molar refractivity (Wildman–Crippen MR) is 81.6 cm³/mol. The molecule has 4 nitrogen and oxygen atoms in total. The molecule has 1 aromatic heterocycles. The zero-order valence-electron chi connectivity index (χ0n) is 13.2. The number of aromatic nitrogens is 1. The Labute approximate surface area is 132 Å². The number of pyridine rings is 1. The van der Waals surface area contributed by atoms with Gasteiger partial charge in [-0.2, -0.15) is 0 Å². The van der Waals surface area contributed by atoms with Gasteiger partial charge in [0.15, 0.2) is 17.5 Å². The molecule has 23 heavy (non-hydrogen) atoms. The van der Waals surface area contributed by atoms with Crippen LogP contribution in [0.4, 0.5) is 24.7 Å². The molecule has 1 aromatic carbocycles. The average Bonchev–Trinajstić information content (AvgIpc) is 2.51. The van der Waals surface area contributed by atoms with E-state index in [2.05, 4.69) is 10.3 Å².